The molecule has 0 unspecified atom stereocenters. The fourth-order valence-corrected chi connectivity index (χ4v) is 6.81. The topological polar surface area (TPSA) is 91.7 Å². The molecule has 0 aromatic heterocycles. The first-order valence-electron chi connectivity index (χ1n) is 10.2. The van der Waals surface area contributed by atoms with E-state index in [1.54, 1.807) is 0 Å². The summed E-state index contributed by atoms with van der Waals surface area (Å²) in [6.45, 7) is 5.41. The molecule has 4 aliphatic rings. The summed E-state index contributed by atoms with van der Waals surface area (Å²) in [5.74, 6) is 1.42. The molecule has 5 heteroatoms. The monoisotopic (exact) mass is 376 g/mol. The van der Waals surface area contributed by atoms with Gasteiger partial charge in [-0.1, -0.05) is 12.5 Å². The number of carbonyl (C=O) groups is 3. The van der Waals surface area contributed by atoms with Crippen molar-refractivity contribution in [2.45, 2.75) is 72.1 Å². The number of Topliss-reactive ketones (excluding diaryl/α,β-unsaturated/α-hetero) is 2. The Bertz CT molecular complexity index is 689. The summed E-state index contributed by atoms with van der Waals surface area (Å²) in [6, 6.07) is 0. The van der Waals surface area contributed by atoms with Gasteiger partial charge in [-0.2, -0.15) is 0 Å². The van der Waals surface area contributed by atoms with Crippen LogP contribution in [0, 0.1) is 28.6 Å². The number of aliphatic hydroxyl groups is 1. The molecule has 3 saturated carbocycles. The number of rotatable bonds is 1. The molecule has 0 saturated heterocycles. The van der Waals surface area contributed by atoms with Crippen LogP contribution in [0.4, 0.5) is 0 Å². The van der Waals surface area contributed by atoms with E-state index < -0.39 is 5.97 Å². The van der Waals surface area contributed by atoms with Crippen LogP contribution in [0.1, 0.15) is 72.1 Å². The smallest absolute Gasteiger partial charge is 0.300 e. The maximum Gasteiger partial charge on any atom is 0.300 e. The van der Waals surface area contributed by atoms with Crippen LogP contribution in [0.15, 0.2) is 11.1 Å². The third-order valence-corrected chi connectivity index (χ3v) is 8.14. The molecular weight excluding hydrogens is 344 g/mol. The molecule has 0 aliphatic heterocycles. The maximum atomic E-state index is 12.4. The van der Waals surface area contributed by atoms with Gasteiger partial charge >= 0.3 is 0 Å². The predicted molar refractivity (Wildman–Crippen MR) is 101 cm³/mol. The van der Waals surface area contributed by atoms with Crippen LogP contribution in [-0.4, -0.2) is 34.4 Å². The Morgan fingerprint density at radius 1 is 1.07 bits per heavy atom. The molecule has 0 aromatic carbocycles. The molecule has 0 spiro atoms. The lowest BCUT2D eigenvalue weighted by molar-refractivity contribution is -0.135. The van der Waals surface area contributed by atoms with Gasteiger partial charge in [0, 0.05) is 30.6 Å². The van der Waals surface area contributed by atoms with E-state index in [0.717, 1.165) is 57.4 Å². The van der Waals surface area contributed by atoms with Gasteiger partial charge in [0.15, 0.2) is 5.78 Å². The molecule has 5 nitrogen and oxygen atoms in total. The van der Waals surface area contributed by atoms with Gasteiger partial charge in [0.05, 0.1) is 6.61 Å². The normalized spacial score (nSPS) is 40.5. The standard InChI is InChI=1S/C20H28O3.C2H4O2/c1-12-14-4-3-13-15-5-6-18(23)19(15,2)9-7-16(13)20(14,11-21)10-8-17(12)22;1-2(3)4/h13,15-16,21H,3-11H2,1-2H3;1H3,(H,3,4)/t13-,15-,16-,19-,20+;/m0./s1. The second-order valence-electron chi connectivity index (χ2n) is 9.19. The van der Waals surface area contributed by atoms with E-state index >= 15 is 0 Å². The predicted octanol–water partition coefficient (Wildman–Crippen LogP) is 3.54. The molecule has 0 aromatic rings. The summed E-state index contributed by atoms with van der Waals surface area (Å²) < 4.78 is 0. The summed E-state index contributed by atoms with van der Waals surface area (Å²) in [7, 11) is 0. The second-order valence-corrected chi connectivity index (χ2v) is 9.19. The molecule has 27 heavy (non-hydrogen) atoms. The van der Waals surface area contributed by atoms with Crippen molar-refractivity contribution < 1.29 is 24.6 Å². The van der Waals surface area contributed by atoms with Crippen LogP contribution in [-0.2, 0) is 14.4 Å². The Hall–Kier alpha value is -1.49. The van der Waals surface area contributed by atoms with Crippen LogP contribution >= 0.6 is 0 Å². The van der Waals surface area contributed by atoms with Gasteiger partial charge in [0.2, 0.25) is 0 Å². The van der Waals surface area contributed by atoms with E-state index in [4.69, 9.17) is 9.90 Å². The number of carboxylic acids is 1. The Morgan fingerprint density at radius 2 is 1.74 bits per heavy atom. The largest absolute Gasteiger partial charge is 0.481 e. The first-order chi connectivity index (χ1) is 12.7. The van der Waals surface area contributed by atoms with Crippen molar-refractivity contribution in [1.82, 2.24) is 0 Å². The Kier molecular flexibility index (Phi) is 5.37. The first-order valence-corrected chi connectivity index (χ1v) is 10.2. The Balaban J connectivity index is 0.000000481. The highest BCUT2D eigenvalue weighted by molar-refractivity contribution is 5.97. The van der Waals surface area contributed by atoms with Gasteiger partial charge in [0.1, 0.15) is 5.78 Å². The van der Waals surface area contributed by atoms with E-state index in [0.29, 0.717) is 30.0 Å². The molecule has 0 heterocycles. The average Bonchev–Trinajstić information content (AvgIpc) is 2.92. The Labute approximate surface area is 161 Å². The number of hydrogen-bond donors (Lipinski definition) is 2. The number of carboxylic acid groups (broad SMARTS) is 1. The van der Waals surface area contributed by atoms with Gasteiger partial charge in [-0.05, 0) is 68.8 Å². The fourth-order valence-electron chi connectivity index (χ4n) is 6.81. The third-order valence-electron chi connectivity index (χ3n) is 8.14. The van der Waals surface area contributed by atoms with E-state index in [1.165, 1.54) is 5.57 Å². The molecule has 0 radical (unpaired) electrons. The third kappa shape index (κ3) is 3.08. The maximum absolute atomic E-state index is 12.4. The van der Waals surface area contributed by atoms with Crippen LogP contribution in [0.25, 0.3) is 0 Å². The van der Waals surface area contributed by atoms with Crippen molar-refractivity contribution in [3.63, 3.8) is 0 Å². The number of ketones is 2. The van der Waals surface area contributed by atoms with Crippen LogP contribution in [0.3, 0.4) is 0 Å². The molecule has 150 valence electrons. The lowest BCUT2D eigenvalue weighted by Crippen LogP contribution is -2.53. The van der Waals surface area contributed by atoms with E-state index in [1.807, 2.05) is 6.92 Å². The zero-order valence-corrected chi connectivity index (χ0v) is 16.7. The highest BCUT2D eigenvalue weighted by Gasteiger charge is 2.60. The molecule has 4 rings (SSSR count). The molecule has 0 amide bonds. The Morgan fingerprint density at radius 3 is 2.37 bits per heavy atom. The van der Waals surface area contributed by atoms with E-state index in [-0.39, 0.29) is 23.2 Å². The van der Waals surface area contributed by atoms with E-state index in [9.17, 15) is 14.7 Å². The molecule has 2 N–H and O–H groups in total. The van der Waals surface area contributed by atoms with Crippen LogP contribution in [0.5, 0.6) is 0 Å². The number of fused-ring (bicyclic) bond motifs is 5. The summed E-state index contributed by atoms with van der Waals surface area (Å²) in [5.41, 5.74) is 1.90. The van der Waals surface area contributed by atoms with Gasteiger partial charge in [0.25, 0.3) is 5.97 Å². The zero-order chi connectivity index (χ0) is 20.0. The van der Waals surface area contributed by atoms with Crippen molar-refractivity contribution in [3.05, 3.63) is 11.1 Å². The minimum Gasteiger partial charge on any atom is -0.481 e. The first kappa shape index (κ1) is 20.2. The van der Waals surface area contributed by atoms with Gasteiger partial charge in [-0.15, -0.1) is 0 Å². The summed E-state index contributed by atoms with van der Waals surface area (Å²) >= 11 is 0. The van der Waals surface area contributed by atoms with Crippen molar-refractivity contribution in [1.29, 1.82) is 0 Å². The highest BCUT2D eigenvalue weighted by atomic mass is 16.4. The fraction of sp³-hybridized carbons (Fsp3) is 0.773. The summed E-state index contributed by atoms with van der Waals surface area (Å²) in [6.07, 6.45) is 7.23. The van der Waals surface area contributed by atoms with Crippen molar-refractivity contribution in [3.8, 4) is 0 Å². The molecular formula is C22H32O5. The molecule has 0 bridgehead atoms. The SMILES string of the molecule is CC(=O)O.CC1=C2CC[C@@H]3[C@H](CC[C@]4(C)C(=O)CC[C@@H]34)[C@@]2(CO)CCC1=O. The lowest BCUT2D eigenvalue weighted by atomic mass is 9.46. The number of aliphatic carboxylic acids is 1. The van der Waals surface area contributed by atoms with E-state index in [2.05, 4.69) is 6.92 Å². The zero-order valence-electron chi connectivity index (χ0n) is 16.7. The molecule has 4 aliphatic carbocycles. The lowest BCUT2D eigenvalue weighted by Gasteiger charge is -2.57. The van der Waals surface area contributed by atoms with Crippen LogP contribution < -0.4 is 0 Å². The summed E-state index contributed by atoms with van der Waals surface area (Å²) in [5, 5.41) is 17.8. The van der Waals surface area contributed by atoms with Crippen molar-refractivity contribution in [2.75, 3.05) is 6.61 Å². The van der Waals surface area contributed by atoms with Crippen molar-refractivity contribution >= 4 is 17.5 Å². The molecule has 3 fully saturated rings. The highest BCUT2D eigenvalue weighted by Crippen LogP contribution is 2.64. The number of hydrogen-bond acceptors (Lipinski definition) is 4. The van der Waals surface area contributed by atoms with Gasteiger partial charge in [-0.3, -0.25) is 14.4 Å². The molecule has 5 atom stereocenters. The van der Waals surface area contributed by atoms with Crippen LogP contribution in [0.2, 0.25) is 0 Å². The van der Waals surface area contributed by atoms with Gasteiger partial charge in [-0.25, -0.2) is 0 Å². The quantitative estimate of drug-likeness (QED) is 0.730. The van der Waals surface area contributed by atoms with Gasteiger partial charge < -0.3 is 10.2 Å². The minimum atomic E-state index is -0.833. The minimum absolute atomic E-state index is 0.113. The second kappa shape index (κ2) is 7.16. The van der Waals surface area contributed by atoms with Crippen molar-refractivity contribution in [2.24, 2.45) is 28.6 Å². The number of carbonyl (C=O) groups excluding carboxylic acids is 2. The summed E-state index contributed by atoms with van der Waals surface area (Å²) in [4.78, 5) is 33.6. The average molecular weight is 376 g/mol. The number of aliphatic hydroxyl groups excluding tert-OH is 1.